The van der Waals surface area contributed by atoms with Gasteiger partial charge in [0.05, 0.1) is 11.6 Å². The second-order valence-corrected chi connectivity index (χ2v) is 5.77. The van der Waals surface area contributed by atoms with Crippen molar-refractivity contribution in [2.75, 3.05) is 0 Å². The third-order valence-corrected chi connectivity index (χ3v) is 3.52. The predicted molar refractivity (Wildman–Crippen MR) is 85.4 cm³/mol. The molecule has 4 heteroatoms. The van der Waals surface area contributed by atoms with Gasteiger partial charge in [0.1, 0.15) is 5.15 Å². The molecule has 1 atom stereocenters. The number of nitrogens with one attached hydrogen (secondary N) is 1. The smallest absolute Gasteiger partial charge is 0.254 e. The zero-order valence-corrected chi connectivity index (χ0v) is 13.0. The first-order valence-corrected chi connectivity index (χ1v) is 7.42. The zero-order valence-electron chi connectivity index (χ0n) is 12.2. The summed E-state index contributed by atoms with van der Waals surface area (Å²) >= 11 is 5.98. The summed E-state index contributed by atoms with van der Waals surface area (Å²) in [6.07, 6.45) is 2.44. The Balaban J connectivity index is 2.19. The Labute approximate surface area is 130 Å². The maximum Gasteiger partial charge on any atom is 0.254 e. The molecule has 0 saturated heterocycles. The molecule has 2 aromatic rings. The highest BCUT2D eigenvalue weighted by Gasteiger charge is 2.18. The lowest BCUT2D eigenvalue weighted by Crippen LogP contribution is -2.29. The maximum absolute atomic E-state index is 12.4. The Kier molecular flexibility index (Phi) is 5.34. The van der Waals surface area contributed by atoms with E-state index in [0.717, 1.165) is 12.0 Å². The average molecular weight is 303 g/mol. The zero-order chi connectivity index (χ0) is 15.2. The van der Waals surface area contributed by atoms with Crippen LogP contribution in [0.1, 0.15) is 42.2 Å². The third-order valence-electron chi connectivity index (χ3n) is 3.22. The minimum absolute atomic E-state index is 0.0324. The average Bonchev–Trinajstić information content (AvgIpc) is 2.47. The first kappa shape index (κ1) is 15.5. The quantitative estimate of drug-likeness (QED) is 0.839. The van der Waals surface area contributed by atoms with E-state index in [-0.39, 0.29) is 17.1 Å². The molecule has 1 aromatic carbocycles. The second-order valence-electron chi connectivity index (χ2n) is 5.41. The third kappa shape index (κ3) is 4.30. The molecule has 0 saturated carbocycles. The number of amides is 1. The Morgan fingerprint density at radius 2 is 1.90 bits per heavy atom. The van der Waals surface area contributed by atoms with Crippen LogP contribution < -0.4 is 5.32 Å². The minimum atomic E-state index is -0.192. The molecule has 0 radical (unpaired) electrons. The van der Waals surface area contributed by atoms with Crippen molar-refractivity contribution in [2.24, 2.45) is 5.92 Å². The maximum atomic E-state index is 12.4. The fraction of sp³-hybridized carbons (Fsp3) is 0.294. The van der Waals surface area contributed by atoms with E-state index < -0.39 is 0 Å². The van der Waals surface area contributed by atoms with Crippen LogP contribution >= 0.6 is 11.6 Å². The highest BCUT2D eigenvalue weighted by atomic mass is 35.5. The standard InChI is InChI=1S/C17H19ClN2O/c1-12(2)11-15(13-7-4-3-5-8-13)20-17(21)14-9-6-10-19-16(14)18/h3-10,12,15H,11H2,1-2H3,(H,20,21). The van der Waals surface area contributed by atoms with Gasteiger partial charge in [0.25, 0.3) is 5.91 Å². The van der Waals surface area contributed by atoms with Gasteiger partial charge in [0.2, 0.25) is 0 Å². The highest BCUT2D eigenvalue weighted by Crippen LogP contribution is 2.22. The minimum Gasteiger partial charge on any atom is -0.345 e. The monoisotopic (exact) mass is 302 g/mol. The van der Waals surface area contributed by atoms with Crippen LogP contribution in [0.2, 0.25) is 5.15 Å². The summed E-state index contributed by atoms with van der Waals surface area (Å²) in [7, 11) is 0. The van der Waals surface area contributed by atoms with E-state index in [2.05, 4.69) is 24.1 Å². The van der Waals surface area contributed by atoms with Crippen LogP contribution in [0.5, 0.6) is 0 Å². The van der Waals surface area contributed by atoms with Crippen LogP contribution in [0.3, 0.4) is 0 Å². The lowest BCUT2D eigenvalue weighted by Gasteiger charge is -2.21. The summed E-state index contributed by atoms with van der Waals surface area (Å²) in [5, 5.41) is 3.29. The summed E-state index contributed by atoms with van der Waals surface area (Å²) in [6.45, 7) is 4.28. The van der Waals surface area contributed by atoms with E-state index in [0.29, 0.717) is 11.5 Å². The summed E-state index contributed by atoms with van der Waals surface area (Å²) in [4.78, 5) is 16.3. The lowest BCUT2D eigenvalue weighted by molar-refractivity contribution is 0.0932. The van der Waals surface area contributed by atoms with Crippen LogP contribution in [0.4, 0.5) is 0 Å². The molecule has 1 aromatic heterocycles. The number of benzene rings is 1. The number of hydrogen-bond donors (Lipinski definition) is 1. The Hall–Kier alpha value is -1.87. The SMILES string of the molecule is CC(C)CC(NC(=O)c1cccnc1Cl)c1ccccc1. The molecular weight excluding hydrogens is 284 g/mol. The largest absolute Gasteiger partial charge is 0.345 e. The van der Waals surface area contributed by atoms with Crippen LogP contribution in [0.15, 0.2) is 48.7 Å². The number of aromatic nitrogens is 1. The molecule has 0 spiro atoms. The number of pyridine rings is 1. The molecule has 1 heterocycles. The molecule has 0 aliphatic carbocycles. The Morgan fingerprint density at radius 1 is 1.19 bits per heavy atom. The molecule has 0 aliphatic rings. The summed E-state index contributed by atoms with van der Waals surface area (Å²) in [6, 6.07) is 13.3. The fourth-order valence-electron chi connectivity index (χ4n) is 2.23. The van der Waals surface area contributed by atoms with Crippen molar-refractivity contribution < 1.29 is 4.79 Å². The first-order chi connectivity index (χ1) is 10.1. The van der Waals surface area contributed by atoms with Gasteiger partial charge < -0.3 is 5.32 Å². The molecule has 0 fully saturated rings. The molecule has 1 unspecified atom stereocenters. The van der Waals surface area contributed by atoms with Crippen LogP contribution in [-0.2, 0) is 0 Å². The summed E-state index contributed by atoms with van der Waals surface area (Å²) < 4.78 is 0. The number of halogens is 1. The van der Waals surface area contributed by atoms with Crippen molar-refractivity contribution in [3.8, 4) is 0 Å². The van der Waals surface area contributed by atoms with Gasteiger partial charge in [-0.05, 0) is 30.0 Å². The predicted octanol–water partition coefficient (Wildman–Crippen LogP) is 4.25. The van der Waals surface area contributed by atoms with Gasteiger partial charge >= 0.3 is 0 Å². The number of nitrogens with zero attached hydrogens (tertiary/aromatic N) is 1. The van der Waals surface area contributed by atoms with Crippen molar-refractivity contribution in [1.29, 1.82) is 0 Å². The van der Waals surface area contributed by atoms with Gasteiger partial charge in [0.15, 0.2) is 0 Å². The Morgan fingerprint density at radius 3 is 2.52 bits per heavy atom. The highest BCUT2D eigenvalue weighted by molar-refractivity contribution is 6.32. The molecule has 0 aliphatic heterocycles. The van der Waals surface area contributed by atoms with Crippen molar-refractivity contribution in [2.45, 2.75) is 26.3 Å². The molecule has 21 heavy (non-hydrogen) atoms. The molecule has 3 nitrogen and oxygen atoms in total. The van der Waals surface area contributed by atoms with Gasteiger partial charge in [-0.2, -0.15) is 0 Å². The lowest BCUT2D eigenvalue weighted by atomic mass is 9.97. The van der Waals surface area contributed by atoms with Crippen LogP contribution in [0.25, 0.3) is 0 Å². The van der Waals surface area contributed by atoms with Gasteiger partial charge in [0, 0.05) is 6.20 Å². The summed E-state index contributed by atoms with van der Waals surface area (Å²) in [5.41, 5.74) is 1.50. The van der Waals surface area contributed by atoms with Crippen molar-refractivity contribution in [3.05, 3.63) is 64.9 Å². The first-order valence-electron chi connectivity index (χ1n) is 7.04. The van der Waals surface area contributed by atoms with E-state index in [1.54, 1.807) is 18.3 Å². The van der Waals surface area contributed by atoms with Crippen molar-refractivity contribution in [3.63, 3.8) is 0 Å². The molecule has 2 rings (SSSR count). The van der Waals surface area contributed by atoms with Gasteiger partial charge in [-0.1, -0.05) is 55.8 Å². The Bertz CT molecular complexity index is 599. The normalized spacial score (nSPS) is 12.2. The molecule has 0 bridgehead atoms. The molecule has 110 valence electrons. The number of rotatable bonds is 5. The number of carbonyl (C=O) groups is 1. The van der Waals surface area contributed by atoms with Crippen molar-refractivity contribution >= 4 is 17.5 Å². The number of hydrogen-bond acceptors (Lipinski definition) is 2. The van der Waals surface area contributed by atoms with E-state index in [1.807, 2.05) is 30.3 Å². The summed E-state index contributed by atoms with van der Waals surface area (Å²) in [5.74, 6) is 0.280. The van der Waals surface area contributed by atoms with E-state index in [4.69, 9.17) is 11.6 Å². The topological polar surface area (TPSA) is 42.0 Å². The van der Waals surface area contributed by atoms with E-state index in [1.165, 1.54) is 0 Å². The second kappa shape index (κ2) is 7.23. The van der Waals surface area contributed by atoms with Crippen molar-refractivity contribution in [1.82, 2.24) is 10.3 Å². The number of carbonyl (C=O) groups excluding carboxylic acids is 1. The van der Waals surface area contributed by atoms with Gasteiger partial charge in [-0.15, -0.1) is 0 Å². The molecular formula is C17H19ClN2O. The van der Waals surface area contributed by atoms with E-state index >= 15 is 0 Å². The van der Waals surface area contributed by atoms with Gasteiger partial charge in [-0.3, -0.25) is 4.79 Å². The van der Waals surface area contributed by atoms with Crippen LogP contribution in [0, 0.1) is 5.92 Å². The molecule has 1 N–H and O–H groups in total. The fourth-order valence-corrected chi connectivity index (χ4v) is 2.43. The van der Waals surface area contributed by atoms with Gasteiger partial charge in [-0.25, -0.2) is 4.98 Å². The van der Waals surface area contributed by atoms with Crippen LogP contribution in [-0.4, -0.2) is 10.9 Å². The molecule has 1 amide bonds. The van der Waals surface area contributed by atoms with E-state index in [9.17, 15) is 4.79 Å².